The largest absolute Gasteiger partial charge is 0.378 e. The summed E-state index contributed by atoms with van der Waals surface area (Å²) in [5.41, 5.74) is 4.61. The molecule has 0 aliphatic carbocycles. The third-order valence-corrected chi connectivity index (χ3v) is 9.88. The fourth-order valence-electron chi connectivity index (χ4n) is 5.40. The van der Waals surface area contributed by atoms with E-state index >= 15 is 0 Å². The van der Waals surface area contributed by atoms with E-state index in [1.165, 1.54) is 0 Å². The summed E-state index contributed by atoms with van der Waals surface area (Å²) in [7, 11) is -4.20. The minimum Gasteiger partial charge on any atom is -0.378 e. The number of Topliss-reactive ketones (excluding diaryl/α,β-unsaturated/α-hetero) is 1. The van der Waals surface area contributed by atoms with Crippen LogP contribution in [0.4, 0.5) is 0 Å². The lowest BCUT2D eigenvalue weighted by atomic mass is 10.1. The molecule has 0 radical (unpaired) electrons. The molecule has 4 aromatic carbocycles. The van der Waals surface area contributed by atoms with Crippen LogP contribution in [0.15, 0.2) is 128 Å². The fraction of sp³-hybridized carbons (Fsp3) is 0.216. The predicted octanol–water partition coefficient (Wildman–Crippen LogP) is 7.01. The summed E-state index contributed by atoms with van der Waals surface area (Å²) in [5.74, 6) is -1.68. The molecular weight excluding hydrogens is 627 g/mol. The summed E-state index contributed by atoms with van der Waals surface area (Å²) in [6.45, 7) is 2.01. The number of ether oxygens (including phenoxy) is 1. The number of aliphatic hydroxyl groups excluding tert-OH is 1. The molecule has 0 amide bonds. The highest BCUT2D eigenvalue weighted by atomic mass is 31.2. The van der Waals surface area contributed by atoms with Gasteiger partial charge in [0, 0.05) is 22.7 Å². The van der Waals surface area contributed by atoms with Crippen molar-refractivity contribution in [3.05, 3.63) is 156 Å². The summed E-state index contributed by atoms with van der Waals surface area (Å²) in [6, 6.07) is 35.8. The standard InChI is InChI=1S/C37H37N4O6P/c1-28(42)34-23-40(35-20-12-11-19-33(34)35)21-32-22-41(39-38-32)24-36(45-25-29-13-5-2-6-14-29)37(43)48(44,46-26-30-15-7-3-8-16-30)47-27-31-17-9-4-10-18-31/h2-20,22-23,36-37,43H,21,24-27H2,1H3/t36-,37-/m0/s1. The van der Waals surface area contributed by atoms with Gasteiger partial charge >= 0.3 is 7.60 Å². The van der Waals surface area contributed by atoms with E-state index in [4.69, 9.17) is 13.8 Å². The van der Waals surface area contributed by atoms with Crippen LogP contribution < -0.4 is 0 Å². The van der Waals surface area contributed by atoms with Crippen LogP contribution in [-0.2, 0) is 51.3 Å². The van der Waals surface area contributed by atoms with Gasteiger partial charge in [0.05, 0.1) is 39.1 Å². The number of hydrogen-bond donors (Lipinski definition) is 1. The van der Waals surface area contributed by atoms with Gasteiger partial charge in [-0.2, -0.15) is 0 Å². The minimum absolute atomic E-state index is 0.0134. The molecule has 2 atom stereocenters. The first-order valence-electron chi connectivity index (χ1n) is 15.7. The van der Waals surface area contributed by atoms with Crippen LogP contribution in [0.1, 0.15) is 39.7 Å². The smallest absolute Gasteiger partial charge is 0.362 e. The summed E-state index contributed by atoms with van der Waals surface area (Å²) < 4.78 is 36.1. The Morgan fingerprint density at radius 1 is 0.771 bits per heavy atom. The van der Waals surface area contributed by atoms with E-state index in [-0.39, 0.29) is 32.1 Å². The molecule has 0 saturated heterocycles. The number of nitrogens with zero attached hydrogens (tertiary/aromatic N) is 4. The average Bonchev–Trinajstić information content (AvgIpc) is 3.73. The van der Waals surface area contributed by atoms with Crippen molar-refractivity contribution in [2.24, 2.45) is 0 Å². The van der Waals surface area contributed by atoms with Crippen molar-refractivity contribution in [1.82, 2.24) is 19.6 Å². The van der Waals surface area contributed by atoms with Gasteiger partial charge in [-0.1, -0.05) is 114 Å². The van der Waals surface area contributed by atoms with E-state index in [0.29, 0.717) is 17.8 Å². The van der Waals surface area contributed by atoms with Gasteiger partial charge < -0.3 is 23.5 Å². The van der Waals surface area contributed by atoms with Gasteiger partial charge in [0.25, 0.3) is 0 Å². The molecule has 0 saturated carbocycles. The highest BCUT2D eigenvalue weighted by Crippen LogP contribution is 2.55. The van der Waals surface area contributed by atoms with Crippen molar-refractivity contribution in [1.29, 1.82) is 0 Å². The van der Waals surface area contributed by atoms with Crippen molar-refractivity contribution in [2.75, 3.05) is 0 Å². The Kier molecular flexibility index (Phi) is 10.7. The molecule has 1 N–H and O–H groups in total. The van der Waals surface area contributed by atoms with Gasteiger partial charge in [-0.05, 0) is 29.7 Å². The number of aliphatic hydroxyl groups is 1. The van der Waals surface area contributed by atoms with Crippen LogP contribution in [0.25, 0.3) is 10.9 Å². The Labute approximate surface area is 279 Å². The molecule has 0 unspecified atom stereocenters. The number of carbonyl (C=O) groups excluding carboxylic acids is 1. The highest BCUT2D eigenvalue weighted by molar-refractivity contribution is 7.54. The Morgan fingerprint density at radius 2 is 1.31 bits per heavy atom. The van der Waals surface area contributed by atoms with Crippen LogP contribution in [0.3, 0.4) is 0 Å². The molecule has 0 fully saturated rings. The highest BCUT2D eigenvalue weighted by Gasteiger charge is 2.42. The zero-order chi connectivity index (χ0) is 33.3. The zero-order valence-electron chi connectivity index (χ0n) is 26.5. The Bertz CT molecular complexity index is 1930. The Hall–Kier alpha value is -4.70. The number of aromatic nitrogens is 4. The monoisotopic (exact) mass is 664 g/mol. The topological polar surface area (TPSA) is 118 Å². The second-order valence-corrected chi connectivity index (χ2v) is 13.6. The summed E-state index contributed by atoms with van der Waals surface area (Å²) in [4.78, 5) is 12.3. The van der Waals surface area contributed by atoms with Crippen molar-refractivity contribution in [2.45, 2.75) is 51.8 Å². The first kappa shape index (κ1) is 33.2. The summed E-state index contributed by atoms with van der Waals surface area (Å²) in [5, 5.41) is 21.3. The Balaban J connectivity index is 1.25. The average molecular weight is 665 g/mol. The van der Waals surface area contributed by atoms with Gasteiger partial charge in [0.15, 0.2) is 11.6 Å². The molecule has 2 heterocycles. The number of para-hydroxylation sites is 1. The quantitative estimate of drug-likeness (QED) is 0.0867. The zero-order valence-corrected chi connectivity index (χ0v) is 27.4. The molecule has 0 aliphatic heterocycles. The van der Waals surface area contributed by atoms with Crippen LogP contribution in [-0.4, -0.2) is 42.4 Å². The van der Waals surface area contributed by atoms with E-state index in [1.54, 1.807) is 17.8 Å². The minimum atomic E-state index is -4.20. The van der Waals surface area contributed by atoms with Gasteiger partial charge in [0.1, 0.15) is 11.8 Å². The maximum atomic E-state index is 14.5. The van der Waals surface area contributed by atoms with E-state index in [1.807, 2.05) is 126 Å². The lowest BCUT2D eigenvalue weighted by Gasteiger charge is -2.29. The van der Waals surface area contributed by atoms with Crippen LogP contribution in [0, 0.1) is 0 Å². The summed E-state index contributed by atoms with van der Waals surface area (Å²) >= 11 is 0. The third-order valence-electron chi connectivity index (χ3n) is 7.92. The van der Waals surface area contributed by atoms with E-state index in [9.17, 15) is 14.5 Å². The molecule has 10 nitrogen and oxygen atoms in total. The van der Waals surface area contributed by atoms with Gasteiger partial charge in [-0.3, -0.25) is 9.36 Å². The first-order chi connectivity index (χ1) is 23.4. The molecule has 48 heavy (non-hydrogen) atoms. The molecular formula is C37H37N4O6P. The molecule has 11 heteroatoms. The van der Waals surface area contributed by atoms with E-state index in [0.717, 1.165) is 27.6 Å². The lowest BCUT2D eigenvalue weighted by Crippen LogP contribution is -2.34. The SMILES string of the molecule is CC(=O)c1cn(Cc2cn(C[C@H](OCc3ccccc3)[C@@H](O)P(=O)(OCc3ccccc3)OCc3ccccc3)nn2)c2ccccc12. The van der Waals surface area contributed by atoms with E-state index in [2.05, 4.69) is 10.3 Å². The normalized spacial score (nSPS) is 13.0. The van der Waals surface area contributed by atoms with Crippen LogP contribution in [0.2, 0.25) is 0 Å². The Morgan fingerprint density at radius 3 is 1.90 bits per heavy atom. The molecule has 0 bridgehead atoms. The van der Waals surface area contributed by atoms with Gasteiger partial charge in [-0.15, -0.1) is 5.10 Å². The number of fused-ring (bicyclic) bond motifs is 1. The maximum absolute atomic E-state index is 14.5. The maximum Gasteiger partial charge on any atom is 0.362 e. The van der Waals surface area contributed by atoms with Crippen molar-refractivity contribution in [3.8, 4) is 0 Å². The van der Waals surface area contributed by atoms with Crippen LogP contribution >= 0.6 is 7.60 Å². The fourth-order valence-corrected chi connectivity index (χ4v) is 7.02. The molecule has 2 aromatic heterocycles. The molecule has 0 aliphatic rings. The van der Waals surface area contributed by atoms with Gasteiger partial charge in [-0.25, -0.2) is 4.68 Å². The van der Waals surface area contributed by atoms with Crippen molar-refractivity contribution >= 4 is 24.3 Å². The molecule has 6 aromatic rings. The number of benzene rings is 4. The van der Waals surface area contributed by atoms with Gasteiger partial charge in [0.2, 0.25) is 0 Å². The second-order valence-electron chi connectivity index (χ2n) is 11.5. The second kappa shape index (κ2) is 15.5. The molecule has 246 valence electrons. The van der Waals surface area contributed by atoms with Crippen LogP contribution in [0.5, 0.6) is 0 Å². The third kappa shape index (κ3) is 8.23. The number of hydrogen-bond acceptors (Lipinski definition) is 8. The number of carbonyl (C=O) groups is 1. The summed E-state index contributed by atoms with van der Waals surface area (Å²) in [6.07, 6.45) is 2.52. The van der Waals surface area contributed by atoms with Crippen molar-refractivity contribution in [3.63, 3.8) is 0 Å². The molecule has 0 spiro atoms. The lowest BCUT2D eigenvalue weighted by molar-refractivity contribution is -0.0384. The number of rotatable bonds is 16. The number of ketones is 1. The molecule has 6 rings (SSSR count). The van der Waals surface area contributed by atoms with Crippen molar-refractivity contribution < 1.29 is 28.3 Å². The first-order valence-corrected chi connectivity index (χ1v) is 17.3. The predicted molar refractivity (Wildman–Crippen MR) is 182 cm³/mol. The van der Waals surface area contributed by atoms with E-state index < -0.39 is 19.5 Å².